The van der Waals surface area contributed by atoms with Crippen LogP contribution in [0.1, 0.15) is 12.8 Å². The van der Waals surface area contributed by atoms with Crippen LogP contribution in [-0.2, 0) is 0 Å². The molecule has 23 heavy (non-hydrogen) atoms. The van der Waals surface area contributed by atoms with Gasteiger partial charge in [-0.25, -0.2) is 4.98 Å². The number of hydrogen-bond donors (Lipinski definition) is 0. The first kappa shape index (κ1) is 13.9. The minimum absolute atomic E-state index is 0.448. The SMILES string of the molecule is c1cnc(OCC2CCCN(c3ccc4nncn4n3)C2)cn1. The van der Waals surface area contributed by atoms with Gasteiger partial charge in [0.15, 0.2) is 5.65 Å². The van der Waals surface area contributed by atoms with E-state index in [0.717, 1.165) is 37.4 Å². The van der Waals surface area contributed by atoms with Gasteiger partial charge in [0.1, 0.15) is 12.1 Å². The third kappa shape index (κ3) is 3.05. The van der Waals surface area contributed by atoms with E-state index in [4.69, 9.17) is 4.74 Å². The number of nitrogens with zero attached hydrogens (tertiary/aromatic N) is 7. The minimum atomic E-state index is 0.448. The molecule has 0 amide bonds. The quantitative estimate of drug-likeness (QED) is 0.716. The average Bonchev–Trinajstić information content (AvgIpc) is 3.09. The highest BCUT2D eigenvalue weighted by Crippen LogP contribution is 2.22. The Hall–Kier alpha value is -2.77. The van der Waals surface area contributed by atoms with E-state index in [2.05, 4.69) is 30.2 Å². The molecule has 1 atom stereocenters. The molecule has 8 nitrogen and oxygen atoms in total. The molecule has 3 aromatic rings. The standard InChI is InChI=1S/C15H17N7O/c1-2-12(10-23-15-8-16-5-6-17-15)9-21(7-1)14-4-3-13-19-18-11-22(13)20-14/h3-6,8,11-12H,1-2,7,9-10H2. The normalized spacial score (nSPS) is 18.3. The highest BCUT2D eigenvalue weighted by Gasteiger charge is 2.22. The van der Waals surface area contributed by atoms with Crippen LogP contribution >= 0.6 is 0 Å². The fraction of sp³-hybridized carbons (Fsp3) is 0.400. The maximum atomic E-state index is 5.74. The number of hydrogen-bond acceptors (Lipinski definition) is 7. The number of rotatable bonds is 4. The van der Waals surface area contributed by atoms with Gasteiger partial charge >= 0.3 is 0 Å². The summed E-state index contributed by atoms with van der Waals surface area (Å²) in [6.07, 6.45) is 8.81. The molecule has 0 N–H and O–H groups in total. The monoisotopic (exact) mass is 311 g/mol. The van der Waals surface area contributed by atoms with Crippen LogP contribution in [0.15, 0.2) is 37.1 Å². The van der Waals surface area contributed by atoms with E-state index in [0.29, 0.717) is 18.4 Å². The minimum Gasteiger partial charge on any atom is -0.476 e. The molecule has 1 aliphatic rings. The number of fused-ring (bicyclic) bond motifs is 1. The van der Waals surface area contributed by atoms with Crippen LogP contribution in [0.3, 0.4) is 0 Å². The van der Waals surface area contributed by atoms with Crippen LogP contribution in [0.4, 0.5) is 5.82 Å². The molecule has 1 aliphatic heterocycles. The highest BCUT2D eigenvalue weighted by atomic mass is 16.5. The Morgan fingerprint density at radius 1 is 1.26 bits per heavy atom. The number of aromatic nitrogens is 6. The van der Waals surface area contributed by atoms with E-state index in [1.807, 2.05) is 12.1 Å². The summed E-state index contributed by atoms with van der Waals surface area (Å²) in [4.78, 5) is 10.4. The van der Waals surface area contributed by atoms with Gasteiger partial charge < -0.3 is 9.64 Å². The van der Waals surface area contributed by atoms with Crippen molar-refractivity contribution >= 4 is 11.5 Å². The van der Waals surface area contributed by atoms with Crippen LogP contribution in [0.25, 0.3) is 5.65 Å². The van der Waals surface area contributed by atoms with E-state index in [1.54, 1.807) is 29.4 Å². The van der Waals surface area contributed by atoms with Crippen molar-refractivity contribution in [1.29, 1.82) is 0 Å². The topological polar surface area (TPSA) is 81.3 Å². The van der Waals surface area contributed by atoms with Crippen molar-refractivity contribution in [2.45, 2.75) is 12.8 Å². The Kier molecular flexibility index (Phi) is 3.71. The second-order valence-electron chi connectivity index (χ2n) is 5.63. The molecule has 1 saturated heterocycles. The fourth-order valence-electron chi connectivity index (χ4n) is 2.86. The molecule has 0 saturated carbocycles. The van der Waals surface area contributed by atoms with E-state index in [-0.39, 0.29) is 0 Å². The van der Waals surface area contributed by atoms with Crippen LogP contribution < -0.4 is 9.64 Å². The number of ether oxygens (including phenoxy) is 1. The van der Waals surface area contributed by atoms with Crippen molar-refractivity contribution in [2.24, 2.45) is 5.92 Å². The Bertz CT molecular complexity index is 776. The molecular weight excluding hydrogens is 294 g/mol. The van der Waals surface area contributed by atoms with Crippen molar-refractivity contribution in [1.82, 2.24) is 29.8 Å². The average molecular weight is 311 g/mol. The van der Waals surface area contributed by atoms with Crippen molar-refractivity contribution in [3.63, 3.8) is 0 Å². The van der Waals surface area contributed by atoms with E-state index in [9.17, 15) is 0 Å². The predicted molar refractivity (Wildman–Crippen MR) is 83.2 cm³/mol. The molecule has 4 rings (SSSR count). The van der Waals surface area contributed by atoms with Gasteiger partial charge in [-0.2, -0.15) is 4.52 Å². The van der Waals surface area contributed by atoms with E-state index >= 15 is 0 Å². The summed E-state index contributed by atoms with van der Waals surface area (Å²) < 4.78 is 7.44. The molecular formula is C15H17N7O. The van der Waals surface area contributed by atoms with Gasteiger partial charge in [-0.1, -0.05) is 0 Å². The summed E-state index contributed by atoms with van der Waals surface area (Å²) in [6, 6.07) is 3.94. The number of anilines is 1. The lowest BCUT2D eigenvalue weighted by molar-refractivity contribution is 0.220. The summed E-state index contributed by atoms with van der Waals surface area (Å²) in [5.41, 5.74) is 0.758. The fourth-order valence-corrected chi connectivity index (χ4v) is 2.86. The van der Waals surface area contributed by atoms with Gasteiger partial charge in [-0.05, 0) is 25.0 Å². The van der Waals surface area contributed by atoms with Gasteiger partial charge in [0.25, 0.3) is 0 Å². The molecule has 0 aliphatic carbocycles. The summed E-state index contributed by atoms with van der Waals surface area (Å²) in [5.74, 6) is 1.97. The molecule has 0 bridgehead atoms. The maximum Gasteiger partial charge on any atom is 0.232 e. The number of piperidine rings is 1. The lowest BCUT2D eigenvalue weighted by Gasteiger charge is -2.33. The molecule has 0 radical (unpaired) electrons. The summed E-state index contributed by atoms with van der Waals surface area (Å²) in [5, 5.41) is 12.4. The van der Waals surface area contributed by atoms with Gasteiger partial charge in [-0.15, -0.1) is 15.3 Å². The Labute approximate surface area is 133 Å². The van der Waals surface area contributed by atoms with Gasteiger partial charge in [0.05, 0.1) is 12.8 Å². The molecule has 1 unspecified atom stereocenters. The molecule has 4 heterocycles. The third-order valence-electron chi connectivity index (χ3n) is 4.00. The van der Waals surface area contributed by atoms with Crippen LogP contribution in [-0.4, -0.2) is 49.5 Å². The van der Waals surface area contributed by atoms with Crippen molar-refractivity contribution in [3.8, 4) is 5.88 Å². The molecule has 0 aromatic carbocycles. The van der Waals surface area contributed by atoms with Gasteiger partial charge in [0.2, 0.25) is 5.88 Å². The zero-order chi connectivity index (χ0) is 15.5. The smallest absolute Gasteiger partial charge is 0.232 e. The third-order valence-corrected chi connectivity index (χ3v) is 4.00. The zero-order valence-corrected chi connectivity index (χ0v) is 12.6. The van der Waals surface area contributed by atoms with Crippen LogP contribution in [0.2, 0.25) is 0 Å². The molecule has 0 spiro atoms. The lowest BCUT2D eigenvalue weighted by atomic mass is 9.99. The van der Waals surface area contributed by atoms with E-state index < -0.39 is 0 Å². The molecule has 1 fully saturated rings. The van der Waals surface area contributed by atoms with Crippen molar-refractivity contribution < 1.29 is 4.74 Å². The van der Waals surface area contributed by atoms with Crippen molar-refractivity contribution in [3.05, 3.63) is 37.1 Å². The van der Waals surface area contributed by atoms with Crippen molar-refractivity contribution in [2.75, 3.05) is 24.6 Å². The second-order valence-corrected chi connectivity index (χ2v) is 5.63. The van der Waals surface area contributed by atoms with E-state index in [1.165, 1.54) is 0 Å². The van der Waals surface area contributed by atoms with Gasteiger partial charge in [-0.3, -0.25) is 4.98 Å². The molecule has 3 aromatic heterocycles. The molecule has 8 heteroatoms. The maximum absolute atomic E-state index is 5.74. The Morgan fingerprint density at radius 2 is 2.26 bits per heavy atom. The summed E-state index contributed by atoms with van der Waals surface area (Å²) in [6.45, 7) is 2.56. The lowest BCUT2D eigenvalue weighted by Crippen LogP contribution is -2.38. The zero-order valence-electron chi connectivity index (χ0n) is 12.6. The first-order valence-electron chi connectivity index (χ1n) is 7.69. The van der Waals surface area contributed by atoms with Crippen LogP contribution in [0.5, 0.6) is 5.88 Å². The van der Waals surface area contributed by atoms with Crippen LogP contribution in [0, 0.1) is 5.92 Å². The Morgan fingerprint density at radius 3 is 3.17 bits per heavy atom. The summed E-state index contributed by atoms with van der Waals surface area (Å²) >= 11 is 0. The van der Waals surface area contributed by atoms with Gasteiger partial charge in [0, 0.05) is 31.4 Å². The molecule has 118 valence electrons. The highest BCUT2D eigenvalue weighted by molar-refractivity contribution is 5.45. The first-order chi connectivity index (χ1) is 11.4. The summed E-state index contributed by atoms with van der Waals surface area (Å²) in [7, 11) is 0. The first-order valence-corrected chi connectivity index (χ1v) is 7.69. The second kappa shape index (κ2) is 6.15. The predicted octanol–water partition coefficient (Wildman–Crippen LogP) is 1.21. The largest absolute Gasteiger partial charge is 0.476 e. The Balaban J connectivity index is 1.42.